The summed E-state index contributed by atoms with van der Waals surface area (Å²) in [7, 11) is 3.93. The Hall–Kier alpha value is -1.69. The van der Waals surface area contributed by atoms with Crippen molar-refractivity contribution < 1.29 is 9.53 Å². The highest BCUT2D eigenvalue weighted by Crippen LogP contribution is 2.24. The number of hydrogen-bond acceptors (Lipinski definition) is 4. The summed E-state index contributed by atoms with van der Waals surface area (Å²) in [5.74, 6) is 0. The van der Waals surface area contributed by atoms with E-state index in [0.717, 1.165) is 36.4 Å². The Kier molecular flexibility index (Phi) is 7.43. The first-order valence-corrected chi connectivity index (χ1v) is 9.57. The van der Waals surface area contributed by atoms with Crippen molar-refractivity contribution in [1.29, 1.82) is 0 Å². The highest BCUT2D eigenvalue weighted by molar-refractivity contribution is 8.13. The molecule has 1 N–H and O–H groups in total. The zero-order valence-electron chi connectivity index (χ0n) is 14.7. The Bertz CT molecular complexity index is 542. The van der Waals surface area contributed by atoms with E-state index in [2.05, 4.69) is 28.5 Å². The number of ether oxygens (including phenoxy) is 1. The lowest BCUT2D eigenvalue weighted by Gasteiger charge is -2.35. The van der Waals surface area contributed by atoms with Gasteiger partial charge in [-0.15, -0.1) is 0 Å². The van der Waals surface area contributed by atoms with Gasteiger partial charge < -0.3 is 15.0 Å². The summed E-state index contributed by atoms with van der Waals surface area (Å²) in [6.45, 7) is 0.314. The van der Waals surface area contributed by atoms with Gasteiger partial charge in [-0.25, -0.2) is 4.79 Å². The first kappa shape index (κ1) is 18.6. The van der Waals surface area contributed by atoms with Gasteiger partial charge in [0.1, 0.15) is 6.61 Å². The number of carbonyl (C=O) groups excluding carboxylic acids is 1. The molecule has 0 radical (unpaired) electrons. The minimum absolute atomic E-state index is 0.203. The van der Waals surface area contributed by atoms with E-state index in [0.29, 0.717) is 12.6 Å². The second-order valence-corrected chi connectivity index (χ2v) is 6.81. The van der Waals surface area contributed by atoms with Crippen molar-refractivity contribution in [3.8, 4) is 0 Å². The number of aliphatic imine (C=N–C) groups is 1. The van der Waals surface area contributed by atoms with E-state index in [1.165, 1.54) is 0 Å². The minimum atomic E-state index is -0.324. The first-order chi connectivity index (χ1) is 11.6. The van der Waals surface area contributed by atoms with E-state index < -0.39 is 0 Å². The highest BCUT2D eigenvalue weighted by Gasteiger charge is 2.26. The third kappa shape index (κ3) is 5.44. The third-order valence-electron chi connectivity index (χ3n) is 4.45. The summed E-state index contributed by atoms with van der Waals surface area (Å²) in [4.78, 5) is 18.5. The van der Waals surface area contributed by atoms with Crippen molar-refractivity contribution in [2.45, 2.75) is 44.4 Å². The average molecular weight is 350 g/mol. The van der Waals surface area contributed by atoms with Crippen LogP contribution in [0.15, 0.2) is 35.3 Å². The summed E-state index contributed by atoms with van der Waals surface area (Å²) in [5.41, 5.74) is 1.00. The quantitative estimate of drug-likeness (QED) is 0.668. The van der Waals surface area contributed by atoms with Crippen molar-refractivity contribution in [3.63, 3.8) is 0 Å². The van der Waals surface area contributed by atoms with Gasteiger partial charge in [-0.2, -0.15) is 0 Å². The molecule has 24 heavy (non-hydrogen) atoms. The zero-order chi connectivity index (χ0) is 17.4. The molecule has 1 aliphatic rings. The van der Waals surface area contributed by atoms with Crippen molar-refractivity contribution in [3.05, 3.63) is 35.9 Å². The summed E-state index contributed by atoms with van der Waals surface area (Å²) in [5, 5.41) is 4.05. The van der Waals surface area contributed by atoms with Crippen LogP contribution < -0.4 is 5.32 Å². The van der Waals surface area contributed by atoms with Crippen molar-refractivity contribution in [2.75, 3.05) is 20.4 Å². The van der Waals surface area contributed by atoms with Crippen LogP contribution in [0.4, 0.5) is 4.79 Å². The standard InChI is InChI=1S/C18H27N3O2S/c1-19-17(24-3)21(2)16-11-9-15(10-12-16)20-18(22)23-13-14-7-5-4-6-8-14/h4-8,15-16H,9-13H2,1-3H3,(H,20,22). The molecule has 0 atom stereocenters. The molecule has 1 aromatic rings. The Balaban J connectivity index is 1.71. The normalized spacial score (nSPS) is 21.2. The number of rotatable bonds is 4. The molecule has 1 fully saturated rings. The van der Waals surface area contributed by atoms with Gasteiger partial charge in [0.05, 0.1) is 0 Å². The van der Waals surface area contributed by atoms with E-state index in [9.17, 15) is 4.79 Å². The number of benzene rings is 1. The van der Waals surface area contributed by atoms with Gasteiger partial charge >= 0.3 is 6.09 Å². The number of nitrogens with zero attached hydrogens (tertiary/aromatic N) is 2. The molecule has 2 rings (SSSR count). The molecule has 1 saturated carbocycles. The first-order valence-electron chi connectivity index (χ1n) is 8.35. The molecule has 0 saturated heterocycles. The fourth-order valence-electron chi connectivity index (χ4n) is 3.09. The Morgan fingerprint density at radius 2 is 1.96 bits per heavy atom. The molecule has 0 aromatic heterocycles. The fourth-order valence-corrected chi connectivity index (χ4v) is 3.71. The topological polar surface area (TPSA) is 53.9 Å². The molecule has 0 bridgehead atoms. The molecule has 132 valence electrons. The van der Waals surface area contributed by atoms with Crippen molar-refractivity contribution in [2.24, 2.45) is 4.99 Å². The van der Waals surface area contributed by atoms with E-state index in [-0.39, 0.29) is 12.1 Å². The van der Waals surface area contributed by atoms with Crippen LogP contribution in [0.5, 0.6) is 0 Å². The zero-order valence-corrected chi connectivity index (χ0v) is 15.5. The van der Waals surface area contributed by atoms with Crippen molar-refractivity contribution >= 4 is 23.0 Å². The van der Waals surface area contributed by atoms with E-state index in [1.807, 2.05) is 37.4 Å². The van der Waals surface area contributed by atoms with Crippen LogP contribution >= 0.6 is 11.8 Å². The van der Waals surface area contributed by atoms with Gasteiger partial charge in [0.15, 0.2) is 5.17 Å². The maximum Gasteiger partial charge on any atom is 0.407 e. The van der Waals surface area contributed by atoms with Gasteiger partial charge in [-0.1, -0.05) is 42.1 Å². The second-order valence-electron chi connectivity index (χ2n) is 6.03. The van der Waals surface area contributed by atoms with Gasteiger partial charge in [0.25, 0.3) is 0 Å². The van der Waals surface area contributed by atoms with Crippen LogP contribution in [0.25, 0.3) is 0 Å². The lowest BCUT2D eigenvalue weighted by Crippen LogP contribution is -2.44. The molecule has 1 aromatic carbocycles. The fraction of sp³-hybridized carbons (Fsp3) is 0.556. The highest BCUT2D eigenvalue weighted by atomic mass is 32.2. The molecule has 0 aliphatic heterocycles. The van der Waals surface area contributed by atoms with Crippen LogP contribution in [0.2, 0.25) is 0 Å². The molecule has 6 heteroatoms. The Morgan fingerprint density at radius 1 is 1.29 bits per heavy atom. The summed E-state index contributed by atoms with van der Waals surface area (Å²) in [6, 6.07) is 10.4. The minimum Gasteiger partial charge on any atom is -0.445 e. The van der Waals surface area contributed by atoms with Crippen LogP contribution in [-0.2, 0) is 11.3 Å². The summed E-state index contributed by atoms with van der Waals surface area (Å²) >= 11 is 1.67. The van der Waals surface area contributed by atoms with Crippen LogP contribution in [0, 0.1) is 0 Å². The van der Waals surface area contributed by atoms with E-state index in [1.54, 1.807) is 11.8 Å². The predicted octanol–water partition coefficient (Wildman–Crippen LogP) is 3.50. The number of carbonyl (C=O) groups is 1. The molecule has 0 unspecified atom stereocenters. The Morgan fingerprint density at radius 3 is 2.54 bits per heavy atom. The van der Waals surface area contributed by atoms with Crippen LogP contribution in [0.1, 0.15) is 31.2 Å². The number of alkyl carbamates (subject to hydrolysis) is 1. The maximum atomic E-state index is 11.9. The van der Waals surface area contributed by atoms with Gasteiger partial charge in [-0.05, 0) is 37.5 Å². The average Bonchev–Trinajstić information content (AvgIpc) is 2.62. The molecule has 1 amide bonds. The molecular formula is C18H27N3O2S. The smallest absolute Gasteiger partial charge is 0.407 e. The predicted molar refractivity (Wildman–Crippen MR) is 100 cm³/mol. The Labute approximate surface area is 148 Å². The maximum absolute atomic E-state index is 11.9. The molecule has 1 aliphatic carbocycles. The van der Waals surface area contributed by atoms with Crippen LogP contribution in [0.3, 0.4) is 0 Å². The van der Waals surface area contributed by atoms with Crippen LogP contribution in [-0.4, -0.2) is 48.6 Å². The lowest BCUT2D eigenvalue weighted by atomic mass is 9.90. The number of amides is 1. The number of hydrogen-bond donors (Lipinski definition) is 1. The van der Waals surface area contributed by atoms with Crippen molar-refractivity contribution in [1.82, 2.24) is 10.2 Å². The largest absolute Gasteiger partial charge is 0.445 e. The van der Waals surface area contributed by atoms with Gasteiger partial charge in [0.2, 0.25) is 0 Å². The SMILES string of the molecule is CN=C(SC)N(C)C1CCC(NC(=O)OCc2ccccc2)CC1. The molecule has 0 spiro atoms. The number of amidine groups is 1. The molecule has 0 heterocycles. The van der Waals surface area contributed by atoms with E-state index in [4.69, 9.17) is 4.74 Å². The molecule has 5 nitrogen and oxygen atoms in total. The number of nitrogens with one attached hydrogen (secondary N) is 1. The van der Waals surface area contributed by atoms with Gasteiger partial charge in [-0.3, -0.25) is 4.99 Å². The molecular weight excluding hydrogens is 322 g/mol. The number of thioether (sulfide) groups is 1. The summed E-state index contributed by atoms with van der Waals surface area (Å²) in [6.07, 6.45) is 5.78. The van der Waals surface area contributed by atoms with Gasteiger partial charge in [0, 0.05) is 26.2 Å². The lowest BCUT2D eigenvalue weighted by molar-refractivity contribution is 0.130. The monoisotopic (exact) mass is 349 g/mol. The third-order valence-corrected chi connectivity index (χ3v) is 5.29. The van der Waals surface area contributed by atoms with E-state index >= 15 is 0 Å². The second kappa shape index (κ2) is 9.57. The summed E-state index contributed by atoms with van der Waals surface area (Å²) < 4.78 is 5.30.